The van der Waals surface area contributed by atoms with E-state index in [4.69, 9.17) is 0 Å². The van der Waals surface area contributed by atoms with Crippen LogP contribution < -0.4 is 10.6 Å². The predicted octanol–water partition coefficient (Wildman–Crippen LogP) is 3.23. The molecule has 0 radical (unpaired) electrons. The molecule has 2 N–H and O–H groups in total. The number of nitrogens with zero attached hydrogens (tertiary/aromatic N) is 2. The predicted molar refractivity (Wildman–Crippen MR) is 83.0 cm³/mol. The van der Waals surface area contributed by atoms with E-state index in [1.165, 1.54) is 0 Å². The van der Waals surface area contributed by atoms with E-state index in [1.54, 1.807) is 24.7 Å². The van der Waals surface area contributed by atoms with Gasteiger partial charge >= 0.3 is 0 Å². The average molecular weight is 335 g/mol. The van der Waals surface area contributed by atoms with Gasteiger partial charge in [-0.05, 0) is 47.5 Å². The molecule has 0 aliphatic heterocycles. The minimum Gasteiger partial charge on any atom is -0.370 e. The van der Waals surface area contributed by atoms with Crippen LogP contribution in [-0.2, 0) is 0 Å². The zero-order valence-electron chi connectivity index (χ0n) is 11.3. The molecule has 5 nitrogen and oxygen atoms in total. The Morgan fingerprint density at radius 3 is 2.80 bits per heavy atom. The number of aromatic nitrogens is 2. The van der Waals surface area contributed by atoms with Crippen molar-refractivity contribution < 1.29 is 4.79 Å². The molecule has 0 fully saturated rings. The molecular weight excluding hydrogens is 320 g/mol. The van der Waals surface area contributed by atoms with E-state index in [9.17, 15) is 4.79 Å². The van der Waals surface area contributed by atoms with Crippen molar-refractivity contribution in [1.82, 2.24) is 9.97 Å². The summed E-state index contributed by atoms with van der Waals surface area (Å²) in [5.41, 5.74) is 2.14. The van der Waals surface area contributed by atoms with Crippen LogP contribution in [0, 0.1) is 6.92 Å². The van der Waals surface area contributed by atoms with Crippen LogP contribution >= 0.6 is 15.9 Å². The third-order valence-corrected chi connectivity index (χ3v) is 3.01. The number of rotatable bonds is 4. The molecule has 2 aromatic rings. The Kier molecular flexibility index (Phi) is 4.68. The van der Waals surface area contributed by atoms with Crippen molar-refractivity contribution in [2.24, 2.45) is 0 Å². The zero-order chi connectivity index (χ0) is 14.5. The van der Waals surface area contributed by atoms with Crippen LogP contribution in [0.3, 0.4) is 0 Å². The monoisotopic (exact) mass is 334 g/mol. The van der Waals surface area contributed by atoms with Gasteiger partial charge in [-0.2, -0.15) is 0 Å². The highest BCUT2D eigenvalue weighted by Gasteiger charge is 2.13. The van der Waals surface area contributed by atoms with Gasteiger partial charge in [-0.15, -0.1) is 0 Å². The first kappa shape index (κ1) is 14.5. The molecule has 6 heteroatoms. The van der Waals surface area contributed by atoms with Gasteiger partial charge in [0.15, 0.2) is 0 Å². The fourth-order valence-electron chi connectivity index (χ4n) is 1.74. The summed E-state index contributed by atoms with van der Waals surface area (Å²) in [6, 6.07) is 3.60. The van der Waals surface area contributed by atoms with E-state index in [0.717, 1.165) is 10.0 Å². The molecule has 104 valence electrons. The first-order valence-electron chi connectivity index (χ1n) is 6.22. The van der Waals surface area contributed by atoms with Crippen molar-refractivity contribution >= 4 is 33.3 Å². The number of carbonyl (C=O) groups excluding carboxylic acids is 1. The summed E-state index contributed by atoms with van der Waals surface area (Å²) in [4.78, 5) is 20.6. The van der Waals surface area contributed by atoms with E-state index in [-0.39, 0.29) is 5.91 Å². The van der Waals surface area contributed by atoms with Gasteiger partial charge in [0, 0.05) is 23.4 Å². The fourth-order valence-corrected chi connectivity index (χ4v) is 2.07. The van der Waals surface area contributed by atoms with Crippen LogP contribution in [0.25, 0.3) is 0 Å². The van der Waals surface area contributed by atoms with Crippen molar-refractivity contribution in [3.8, 4) is 0 Å². The third-order valence-electron chi connectivity index (χ3n) is 2.58. The number of anilines is 2. The van der Waals surface area contributed by atoms with Gasteiger partial charge in [-0.3, -0.25) is 9.78 Å². The molecule has 2 aromatic heterocycles. The van der Waals surface area contributed by atoms with Crippen LogP contribution in [-0.4, -0.2) is 22.4 Å². The van der Waals surface area contributed by atoms with Gasteiger partial charge in [-0.25, -0.2) is 4.98 Å². The van der Waals surface area contributed by atoms with Crippen LogP contribution in [0.1, 0.15) is 22.8 Å². The minimum atomic E-state index is -0.220. The lowest BCUT2D eigenvalue weighted by molar-refractivity contribution is 0.102. The number of hydrogen-bond donors (Lipinski definition) is 2. The number of carbonyl (C=O) groups is 1. The molecule has 0 aromatic carbocycles. The quantitative estimate of drug-likeness (QED) is 0.900. The molecule has 20 heavy (non-hydrogen) atoms. The maximum absolute atomic E-state index is 12.3. The molecule has 0 saturated heterocycles. The van der Waals surface area contributed by atoms with Gasteiger partial charge < -0.3 is 10.6 Å². The number of amides is 1. The lowest BCUT2D eigenvalue weighted by atomic mass is 10.2. The maximum Gasteiger partial charge on any atom is 0.259 e. The molecule has 0 unspecified atom stereocenters. The summed E-state index contributed by atoms with van der Waals surface area (Å²) in [5.74, 6) is 0.343. The van der Waals surface area contributed by atoms with Crippen molar-refractivity contribution in [1.29, 1.82) is 0 Å². The minimum absolute atomic E-state index is 0.220. The summed E-state index contributed by atoms with van der Waals surface area (Å²) in [5, 5.41) is 5.90. The number of hydrogen-bond acceptors (Lipinski definition) is 4. The van der Waals surface area contributed by atoms with Gasteiger partial charge in [0.25, 0.3) is 5.91 Å². The zero-order valence-corrected chi connectivity index (χ0v) is 12.9. The molecule has 2 heterocycles. The Morgan fingerprint density at radius 1 is 1.30 bits per heavy atom. The van der Waals surface area contributed by atoms with E-state index in [1.807, 2.05) is 19.9 Å². The van der Waals surface area contributed by atoms with Crippen LogP contribution in [0.5, 0.6) is 0 Å². The molecule has 0 atom stereocenters. The molecule has 0 bridgehead atoms. The molecule has 0 aliphatic rings. The number of nitrogens with one attached hydrogen (secondary N) is 2. The van der Waals surface area contributed by atoms with E-state index in [2.05, 4.69) is 36.5 Å². The highest BCUT2D eigenvalue weighted by atomic mass is 79.9. The summed E-state index contributed by atoms with van der Waals surface area (Å²) in [6.07, 6.45) is 5.01. The van der Waals surface area contributed by atoms with Crippen molar-refractivity contribution in [3.05, 3.63) is 46.3 Å². The molecule has 0 aliphatic carbocycles. The molecular formula is C14H15BrN4O. The molecule has 0 saturated carbocycles. The summed E-state index contributed by atoms with van der Waals surface area (Å²) in [7, 11) is 0. The highest BCUT2D eigenvalue weighted by molar-refractivity contribution is 9.10. The smallest absolute Gasteiger partial charge is 0.259 e. The van der Waals surface area contributed by atoms with Gasteiger partial charge in [0.2, 0.25) is 0 Å². The summed E-state index contributed by atoms with van der Waals surface area (Å²) in [6.45, 7) is 4.57. The standard InChI is InChI=1S/C14H15BrN4O/c1-3-17-13-12(5-10(15)7-18-13)14(20)19-11-4-9(2)6-16-8-11/h4-8H,3H2,1-2H3,(H,17,18)(H,19,20). The van der Waals surface area contributed by atoms with Gasteiger partial charge in [-0.1, -0.05) is 0 Å². The van der Waals surface area contributed by atoms with Crippen molar-refractivity contribution in [2.75, 3.05) is 17.2 Å². The Hall–Kier alpha value is -1.95. The van der Waals surface area contributed by atoms with Crippen LogP contribution in [0.4, 0.5) is 11.5 Å². The van der Waals surface area contributed by atoms with Gasteiger partial charge in [0.1, 0.15) is 5.82 Å². The molecule has 2 rings (SSSR count). The normalized spacial score (nSPS) is 10.2. The van der Waals surface area contributed by atoms with Crippen LogP contribution in [0.2, 0.25) is 0 Å². The first-order valence-corrected chi connectivity index (χ1v) is 7.02. The second-order valence-corrected chi connectivity index (χ2v) is 5.20. The largest absolute Gasteiger partial charge is 0.370 e. The number of pyridine rings is 2. The van der Waals surface area contributed by atoms with Gasteiger partial charge in [0.05, 0.1) is 17.4 Å². The lowest BCUT2D eigenvalue weighted by Gasteiger charge is -2.10. The van der Waals surface area contributed by atoms with Crippen LogP contribution in [0.15, 0.2) is 35.2 Å². The number of aryl methyl sites for hydroxylation is 1. The van der Waals surface area contributed by atoms with E-state index >= 15 is 0 Å². The molecule has 1 amide bonds. The Labute approximate surface area is 126 Å². The van der Waals surface area contributed by atoms with Crippen molar-refractivity contribution in [3.63, 3.8) is 0 Å². The Bertz CT molecular complexity index is 630. The number of halogens is 1. The average Bonchev–Trinajstić information content (AvgIpc) is 2.41. The maximum atomic E-state index is 12.3. The second-order valence-electron chi connectivity index (χ2n) is 4.29. The highest BCUT2D eigenvalue weighted by Crippen LogP contribution is 2.19. The summed E-state index contributed by atoms with van der Waals surface area (Å²) < 4.78 is 0.756. The summed E-state index contributed by atoms with van der Waals surface area (Å²) >= 11 is 3.33. The van der Waals surface area contributed by atoms with Crippen molar-refractivity contribution in [2.45, 2.75) is 13.8 Å². The topological polar surface area (TPSA) is 66.9 Å². The Morgan fingerprint density at radius 2 is 2.10 bits per heavy atom. The first-order chi connectivity index (χ1) is 9.60. The van der Waals surface area contributed by atoms with E-state index in [0.29, 0.717) is 23.6 Å². The fraction of sp³-hybridized carbons (Fsp3) is 0.214. The SMILES string of the molecule is CCNc1ncc(Br)cc1C(=O)Nc1cncc(C)c1. The van der Waals surface area contributed by atoms with E-state index < -0.39 is 0 Å². The second kappa shape index (κ2) is 6.47. The lowest BCUT2D eigenvalue weighted by Crippen LogP contribution is -2.16. The molecule has 0 spiro atoms. The third kappa shape index (κ3) is 3.54. The Balaban J connectivity index is 2.26.